The molecule has 9 aromatic carbocycles. The molecule has 0 amide bonds. The molecule has 0 aromatic heterocycles. The van der Waals surface area contributed by atoms with Crippen LogP contribution in [0.1, 0.15) is 38.5 Å². The van der Waals surface area contributed by atoms with Crippen LogP contribution in [0.2, 0.25) is 0 Å². The zero-order valence-electron chi connectivity index (χ0n) is 46.5. The van der Waals surface area contributed by atoms with Gasteiger partial charge in [0.2, 0.25) is 0 Å². The second-order valence-corrected chi connectivity index (χ2v) is 29.9. The maximum atomic E-state index is 8.52. The molecule has 7 nitrogen and oxygen atoms in total. The molecule has 0 aliphatic carbocycles. The van der Waals surface area contributed by atoms with E-state index in [0.717, 1.165) is 43.7 Å². The van der Waals surface area contributed by atoms with Gasteiger partial charge in [-0.3, -0.25) is 4.91 Å². The van der Waals surface area contributed by atoms with E-state index in [1.165, 1.54) is 77.8 Å². The Labute approximate surface area is 558 Å². The van der Waals surface area contributed by atoms with E-state index >= 15 is 0 Å². The third-order valence-corrected chi connectivity index (χ3v) is 27.8. The number of unbranched alkanes of at least 4 members (excludes halogenated alkanes) is 3. The molecule has 0 atom stereocenters. The summed E-state index contributed by atoms with van der Waals surface area (Å²) in [5.41, 5.74) is 27.8. The number of hydrogen-bond donors (Lipinski definition) is 1. The third kappa shape index (κ3) is 21.2. The first-order valence-corrected chi connectivity index (χ1v) is 33.5. The molecule has 0 aliphatic rings. The molecule has 82 heavy (non-hydrogen) atoms. The molecule has 0 heterocycles. The topological polar surface area (TPSA) is 133 Å². The van der Waals surface area contributed by atoms with Crippen LogP contribution in [0.25, 0.3) is 26.4 Å². The Balaban J connectivity index is 0.000000583. The van der Waals surface area contributed by atoms with Crippen molar-refractivity contribution in [3.8, 4) is 0 Å². The zero-order valence-corrected chi connectivity index (χ0v) is 58.3. The van der Waals surface area contributed by atoms with Crippen LogP contribution in [0.4, 0.5) is 0 Å². The van der Waals surface area contributed by atoms with E-state index in [9.17, 15) is 0 Å². The minimum Gasteiger partial charge on any atom is -1.00 e. The fourth-order valence-electron chi connectivity index (χ4n) is 10.2. The molecule has 9 aromatic rings. The molecule has 0 saturated carbocycles. The summed E-state index contributed by atoms with van der Waals surface area (Å²) >= 11 is 3.60. The number of nitrogens with zero attached hydrogens (tertiary/aromatic N) is 6. The molecule has 0 aliphatic heterocycles. The van der Waals surface area contributed by atoms with Crippen LogP contribution in [-0.4, -0.2) is 36.9 Å². The predicted molar refractivity (Wildman–Crippen MR) is 352 cm³/mol. The first-order chi connectivity index (χ1) is 38.0. The number of hydrogen-bond acceptors (Lipinski definition) is 2. The van der Waals surface area contributed by atoms with Gasteiger partial charge in [0.1, 0.15) is 69.5 Å². The second-order valence-electron chi connectivity index (χ2n) is 18.3. The average molecular weight is 1430 g/mol. The molecule has 0 fully saturated rings. The Hall–Kier alpha value is -3.94. The molecule has 9 rings (SSSR count). The summed E-state index contributed by atoms with van der Waals surface area (Å²) in [5.74, 6) is 0. The number of halogens is 5. The largest absolute Gasteiger partial charge is 1.00 e. The Kier molecular flexibility index (Phi) is 40.5. The van der Waals surface area contributed by atoms with Gasteiger partial charge in [0.05, 0.1) is 18.5 Å². The molecule has 0 spiro atoms. The summed E-state index contributed by atoms with van der Waals surface area (Å²) in [5, 5.41) is 17.8. The first kappa shape index (κ1) is 76.1. The van der Waals surface area contributed by atoms with Crippen LogP contribution in [-0.2, 0) is 0 Å². The summed E-state index contributed by atoms with van der Waals surface area (Å²) in [7, 11) is -4.98. The van der Waals surface area contributed by atoms with Crippen molar-refractivity contribution in [3.05, 3.63) is 299 Å². The molecule has 0 radical (unpaired) electrons. The SMILES string of the molecule is BrCCCC[P+](c1ccccc1)(c1ccccc1)c1ccccc1.Cl.NCCCC[P+](c1ccccc1)(c1ccccc1)c1ccccc1.[Br-].[Br-].[Br-].[N-]=[N+]=NCCCC[P+](c1ccccc1)(c1ccccc1)c1ccccc1.[N-]=[N+]=[N-].[Na+]. The summed E-state index contributed by atoms with van der Waals surface area (Å²) in [6, 6.07) is 99.1. The quantitative estimate of drug-likeness (QED) is 0.0209. The van der Waals surface area contributed by atoms with E-state index < -0.39 is 21.8 Å². The van der Waals surface area contributed by atoms with Crippen LogP contribution in [0, 0.1) is 0 Å². The number of benzene rings is 9. The number of azide groups is 1. The van der Waals surface area contributed by atoms with Gasteiger partial charge >= 0.3 is 29.6 Å². The van der Waals surface area contributed by atoms with Crippen molar-refractivity contribution < 1.29 is 80.5 Å². The Morgan fingerprint density at radius 1 is 0.329 bits per heavy atom. The monoisotopic (exact) mass is 1430 g/mol. The van der Waals surface area contributed by atoms with Crippen molar-refractivity contribution in [2.24, 2.45) is 10.8 Å². The van der Waals surface area contributed by atoms with Crippen LogP contribution in [0.15, 0.2) is 278 Å². The molecule has 0 unspecified atom stereocenters. The molecule has 16 heteroatoms. The van der Waals surface area contributed by atoms with Gasteiger partial charge in [0.25, 0.3) is 0 Å². The van der Waals surface area contributed by atoms with Gasteiger partial charge in [0.15, 0.2) is 0 Å². The van der Waals surface area contributed by atoms with Crippen LogP contribution >= 0.6 is 50.1 Å². The molecule has 2 N–H and O–H groups in total. The van der Waals surface area contributed by atoms with Crippen molar-refractivity contribution in [3.63, 3.8) is 0 Å². The van der Waals surface area contributed by atoms with Crippen molar-refractivity contribution in [2.45, 2.75) is 38.5 Å². The fourth-order valence-corrected chi connectivity index (χ4v) is 23.8. The third-order valence-electron chi connectivity index (χ3n) is 13.7. The van der Waals surface area contributed by atoms with Gasteiger partial charge < -0.3 is 67.7 Å². The second kappa shape index (κ2) is 43.6. The van der Waals surface area contributed by atoms with Gasteiger partial charge in [0, 0.05) is 16.8 Å². The van der Waals surface area contributed by atoms with E-state index in [2.05, 4.69) is 299 Å². The van der Waals surface area contributed by atoms with Crippen molar-refractivity contribution in [1.29, 1.82) is 0 Å². The van der Waals surface area contributed by atoms with Crippen molar-refractivity contribution in [1.82, 2.24) is 0 Å². The maximum Gasteiger partial charge on any atom is 1.00 e. The Morgan fingerprint density at radius 2 is 0.512 bits per heavy atom. The Morgan fingerprint density at radius 3 is 0.683 bits per heavy atom. The van der Waals surface area contributed by atoms with Gasteiger partial charge in [-0.2, -0.15) is 0 Å². The maximum absolute atomic E-state index is 8.52. The number of alkyl halides is 1. The van der Waals surface area contributed by atoms with Crippen molar-refractivity contribution in [2.75, 3.05) is 36.9 Å². The first-order valence-electron chi connectivity index (χ1n) is 26.4. The number of nitrogens with two attached hydrogens (primary N) is 1. The summed E-state index contributed by atoms with van der Waals surface area (Å²) < 4.78 is 0. The smallest absolute Gasteiger partial charge is 1.00 e. The summed E-state index contributed by atoms with van der Waals surface area (Å²) in [4.78, 5) is 4.38. The summed E-state index contributed by atoms with van der Waals surface area (Å²) in [6.45, 7) is 1.33. The van der Waals surface area contributed by atoms with E-state index in [-0.39, 0.29) is 92.9 Å². The summed E-state index contributed by atoms with van der Waals surface area (Å²) in [6.07, 6.45) is 10.1. The molecular formula is C66H72Br4ClN7NaP3. The zero-order chi connectivity index (χ0) is 54.1. The van der Waals surface area contributed by atoms with Gasteiger partial charge in [-0.25, -0.2) is 0 Å². The van der Waals surface area contributed by atoms with Crippen molar-refractivity contribution >= 4 is 97.9 Å². The minimum absolute atomic E-state index is 0. The molecule has 0 bridgehead atoms. The van der Waals surface area contributed by atoms with Crippen LogP contribution in [0.5, 0.6) is 0 Å². The number of rotatable bonds is 22. The van der Waals surface area contributed by atoms with E-state index in [4.69, 9.17) is 22.3 Å². The standard InChI is InChI=1S/C22H23BrP.C22H23N3P.C22H25NP.3BrH.ClH.N3.Na/c23-18-10-11-19-24(20-12-4-1-5-13-20,21-14-6-2-7-15-21)22-16-8-3-9-17-22;23-25-24-18-10-11-19-26(20-12-4-1-5-13-20,21-14-6-2-7-15-21)22-16-8-3-9-17-22;23-18-10-11-19-24(20-12-4-1-5-13-20,21-14-6-2-7-15-21)22-16-8-3-9-17-22;;;;;1-3-2;/h1-9,12-17H,10-11,18-19H2;1-9,12-17H,10-11,18-19H2;1-9,12-17H,10-11,18-19,23H2;4*1H;;/q3*+1;;;;;-1;+1/p-3. The van der Waals surface area contributed by atoms with E-state index in [1.54, 1.807) is 0 Å². The molecule has 422 valence electrons. The van der Waals surface area contributed by atoms with Gasteiger partial charge in [-0.15, -0.1) is 12.4 Å². The Bertz CT molecular complexity index is 2670. The van der Waals surface area contributed by atoms with E-state index in [1.807, 2.05) is 0 Å². The normalized spacial score (nSPS) is 10.2. The predicted octanol–water partition coefficient (Wildman–Crippen LogP) is 3.25. The van der Waals surface area contributed by atoms with Crippen LogP contribution < -0.4 is 134 Å². The van der Waals surface area contributed by atoms with Gasteiger partial charge in [-0.05, 0) is 160 Å². The van der Waals surface area contributed by atoms with Crippen LogP contribution in [0.3, 0.4) is 0 Å². The molecular weight excluding hydrogens is 1360 g/mol. The fraction of sp³-hybridized carbons (Fsp3) is 0.182. The average Bonchev–Trinajstić information content (AvgIpc) is 3.66. The molecule has 0 saturated heterocycles. The minimum atomic E-state index is -1.74. The van der Waals surface area contributed by atoms with Gasteiger partial charge in [-0.1, -0.05) is 185 Å². The van der Waals surface area contributed by atoms with E-state index in [0.29, 0.717) is 6.54 Å².